The van der Waals surface area contributed by atoms with Crippen LogP contribution in [0.25, 0.3) is 10.4 Å². The van der Waals surface area contributed by atoms with Gasteiger partial charge < -0.3 is 9.47 Å². The van der Waals surface area contributed by atoms with E-state index in [-0.39, 0.29) is 12.6 Å². The van der Waals surface area contributed by atoms with Crippen LogP contribution in [0.5, 0.6) is 0 Å². The van der Waals surface area contributed by atoms with Crippen LogP contribution in [0.3, 0.4) is 0 Å². The van der Waals surface area contributed by atoms with Crippen LogP contribution in [-0.4, -0.2) is 34.3 Å². The van der Waals surface area contributed by atoms with Gasteiger partial charge in [0.1, 0.15) is 18.9 Å². The van der Waals surface area contributed by atoms with Crippen LogP contribution < -0.4 is 5.69 Å². The Morgan fingerprint density at radius 1 is 1.58 bits per heavy atom. The topological polar surface area (TPSA) is 119 Å². The molecule has 1 aromatic heterocycles. The van der Waals surface area contributed by atoms with E-state index in [1.165, 1.54) is 10.8 Å². The molecule has 1 aliphatic heterocycles. The lowest BCUT2D eigenvalue weighted by Crippen LogP contribution is -2.31. The van der Waals surface area contributed by atoms with E-state index in [2.05, 4.69) is 15.0 Å². The van der Waals surface area contributed by atoms with E-state index >= 15 is 0 Å². The van der Waals surface area contributed by atoms with Crippen molar-refractivity contribution in [3.8, 4) is 0 Å². The third-order valence-electron chi connectivity index (χ3n) is 3.65. The van der Waals surface area contributed by atoms with E-state index in [1.54, 1.807) is 27.0 Å². The molecule has 1 saturated heterocycles. The van der Waals surface area contributed by atoms with E-state index in [0.29, 0.717) is 6.42 Å². The Morgan fingerprint density at radius 2 is 2.29 bits per heavy atom. The van der Waals surface area contributed by atoms with Gasteiger partial charge in [-0.3, -0.25) is 9.36 Å². The van der Waals surface area contributed by atoms with Gasteiger partial charge in [0, 0.05) is 23.7 Å². The Labute approximate surface area is 139 Å². The number of hydrogen-bond acceptors (Lipinski definition) is 6. The SMILES string of the molecule is Cc1cnc(=O)n([C@H]2C[C@H](N=[N+]=[N-])[C@@H](COC(=O)C(C)(C)C)O2)c1. The molecule has 0 amide bonds. The summed E-state index contributed by atoms with van der Waals surface area (Å²) in [4.78, 5) is 30.4. The van der Waals surface area contributed by atoms with Gasteiger partial charge in [0.05, 0.1) is 11.5 Å². The second-order valence-corrected chi connectivity index (χ2v) is 6.81. The average Bonchev–Trinajstić information content (AvgIpc) is 2.89. The van der Waals surface area contributed by atoms with E-state index in [4.69, 9.17) is 15.0 Å². The first-order chi connectivity index (χ1) is 11.2. The van der Waals surface area contributed by atoms with Gasteiger partial charge in [-0.2, -0.15) is 0 Å². The third kappa shape index (κ3) is 4.12. The number of aryl methyl sites for hydroxylation is 1. The highest BCUT2D eigenvalue weighted by molar-refractivity contribution is 5.75. The molecule has 3 atom stereocenters. The van der Waals surface area contributed by atoms with Crippen molar-refractivity contribution in [1.82, 2.24) is 9.55 Å². The standard InChI is InChI=1S/C15H21N5O4/c1-9-6-17-14(22)20(7-9)12-5-10(18-19-16)11(24-12)8-23-13(21)15(2,3)4/h6-7,10-12H,5,8H2,1-4H3/t10-,11+,12+/m0/s1. The van der Waals surface area contributed by atoms with Crippen molar-refractivity contribution in [3.63, 3.8) is 0 Å². The molecule has 9 nitrogen and oxygen atoms in total. The number of hydrogen-bond donors (Lipinski definition) is 0. The summed E-state index contributed by atoms with van der Waals surface area (Å²) < 4.78 is 12.4. The van der Waals surface area contributed by atoms with Crippen molar-refractivity contribution < 1.29 is 14.3 Å². The summed E-state index contributed by atoms with van der Waals surface area (Å²) in [5.41, 5.74) is 8.45. The highest BCUT2D eigenvalue weighted by Crippen LogP contribution is 2.31. The molecular weight excluding hydrogens is 314 g/mol. The first-order valence-electron chi connectivity index (χ1n) is 7.64. The Kier molecular flexibility index (Phi) is 5.26. The molecule has 1 fully saturated rings. The molecule has 0 N–H and O–H groups in total. The summed E-state index contributed by atoms with van der Waals surface area (Å²) in [5, 5.41) is 3.70. The maximum Gasteiger partial charge on any atom is 0.349 e. The Morgan fingerprint density at radius 3 is 2.92 bits per heavy atom. The summed E-state index contributed by atoms with van der Waals surface area (Å²) in [6.07, 6.45) is 2.20. The molecule has 0 saturated carbocycles. The number of esters is 1. The van der Waals surface area contributed by atoms with Crippen LogP contribution in [0, 0.1) is 12.3 Å². The van der Waals surface area contributed by atoms with Gasteiger partial charge in [-0.05, 0) is 38.8 Å². The predicted octanol–water partition coefficient (Wildman–Crippen LogP) is 2.11. The molecular formula is C15H21N5O4. The fourth-order valence-corrected chi connectivity index (χ4v) is 2.34. The maximum absolute atomic E-state index is 11.9. The largest absolute Gasteiger partial charge is 0.463 e. The van der Waals surface area contributed by atoms with Gasteiger partial charge in [0.2, 0.25) is 0 Å². The molecule has 2 heterocycles. The van der Waals surface area contributed by atoms with E-state index < -0.39 is 29.5 Å². The first kappa shape index (κ1) is 18.0. The minimum Gasteiger partial charge on any atom is -0.463 e. The van der Waals surface area contributed by atoms with Crippen molar-refractivity contribution in [3.05, 3.63) is 38.9 Å². The fourth-order valence-electron chi connectivity index (χ4n) is 2.34. The zero-order valence-corrected chi connectivity index (χ0v) is 14.2. The molecule has 1 aromatic rings. The Bertz CT molecular complexity index is 717. The Balaban J connectivity index is 2.14. The number of aromatic nitrogens is 2. The molecule has 0 radical (unpaired) electrons. The molecule has 130 valence electrons. The second kappa shape index (κ2) is 7.02. The lowest BCUT2D eigenvalue weighted by atomic mass is 9.97. The third-order valence-corrected chi connectivity index (χ3v) is 3.65. The molecule has 0 aromatic carbocycles. The lowest BCUT2D eigenvalue weighted by molar-refractivity contribution is -0.157. The van der Waals surface area contributed by atoms with Crippen molar-refractivity contribution in [2.24, 2.45) is 10.5 Å². The molecule has 1 aliphatic rings. The second-order valence-electron chi connectivity index (χ2n) is 6.81. The highest BCUT2D eigenvalue weighted by atomic mass is 16.6. The molecule has 0 unspecified atom stereocenters. The first-order valence-corrected chi connectivity index (χ1v) is 7.64. The number of nitrogens with zero attached hydrogens (tertiary/aromatic N) is 5. The summed E-state index contributed by atoms with van der Waals surface area (Å²) in [6, 6.07) is -0.528. The number of rotatable bonds is 4. The van der Waals surface area contributed by atoms with Gasteiger partial charge in [-0.15, -0.1) is 0 Å². The minimum atomic E-state index is -0.636. The molecule has 0 bridgehead atoms. The number of carbonyl (C=O) groups is 1. The van der Waals surface area contributed by atoms with Gasteiger partial charge in [-0.1, -0.05) is 5.11 Å². The summed E-state index contributed by atoms with van der Waals surface area (Å²) in [6.45, 7) is 7.01. The van der Waals surface area contributed by atoms with Crippen molar-refractivity contribution in [2.75, 3.05) is 6.61 Å². The fraction of sp³-hybridized carbons (Fsp3) is 0.667. The minimum absolute atomic E-state index is 0.0374. The van der Waals surface area contributed by atoms with Crippen LogP contribution in [0.1, 0.15) is 39.0 Å². The lowest BCUT2D eigenvalue weighted by Gasteiger charge is -2.20. The maximum atomic E-state index is 11.9. The predicted molar refractivity (Wildman–Crippen MR) is 85.1 cm³/mol. The van der Waals surface area contributed by atoms with Gasteiger partial charge in [0.15, 0.2) is 0 Å². The van der Waals surface area contributed by atoms with Crippen LogP contribution >= 0.6 is 0 Å². The van der Waals surface area contributed by atoms with Crippen LogP contribution in [0.2, 0.25) is 0 Å². The quantitative estimate of drug-likeness (QED) is 0.361. The van der Waals surface area contributed by atoms with E-state index in [9.17, 15) is 9.59 Å². The van der Waals surface area contributed by atoms with Gasteiger partial charge in [0.25, 0.3) is 0 Å². The van der Waals surface area contributed by atoms with Crippen molar-refractivity contribution in [1.29, 1.82) is 0 Å². The zero-order chi connectivity index (χ0) is 17.9. The molecule has 0 spiro atoms. The van der Waals surface area contributed by atoms with Crippen LogP contribution in [-0.2, 0) is 14.3 Å². The molecule has 0 aliphatic carbocycles. The van der Waals surface area contributed by atoms with Crippen molar-refractivity contribution >= 4 is 5.97 Å². The smallest absolute Gasteiger partial charge is 0.349 e. The number of carbonyl (C=O) groups excluding carboxylic acids is 1. The van der Waals surface area contributed by atoms with Crippen LogP contribution in [0.15, 0.2) is 22.3 Å². The summed E-state index contributed by atoms with van der Waals surface area (Å²) in [5.74, 6) is -0.372. The Hall–Kier alpha value is -2.38. The van der Waals surface area contributed by atoms with E-state index in [0.717, 1.165) is 5.56 Å². The van der Waals surface area contributed by atoms with Gasteiger partial charge >= 0.3 is 11.7 Å². The molecule has 9 heteroatoms. The molecule has 2 rings (SSSR count). The zero-order valence-electron chi connectivity index (χ0n) is 14.2. The average molecular weight is 335 g/mol. The number of ether oxygens (including phenoxy) is 2. The van der Waals surface area contributed by atoms with E-state index in [1.807, 2.05) is 6.92 Å². The van der Waals surface area contributed by atoms with Crippen LogP contribution in [0.4, 0.5) is 0 Å². The molecule has 24 heavy (non-hydrogen) atoms. The number of azide groups is 1. The van der Waals surface area contributed by atoms with Gasteiger partial charge in [-0.25, -0.2) is 9.78 Å². The summed E-state index contributed by atoms with van der Waals surface area (Å²) >= 11 is 0. The highest BCUT2D eigenvalue weighted by Gasteiger charge is 2.37. The van der Waals surface area contributed by atoms with Crippen molar-refractivity contribution in [2.45, 2.75) is 52.5 Å². The summed E-state index contributed by atoms with van der Waals surface area (Å²) in [7, 11) is 0. The normalized spacial score (nSPS) is 23.6. The monoisotopic (exact) mass is 335 g/mol.